The summed E-state index contributed by atoms with van der Waals surface area (Å²) in [5.41, 5.74) is 0.941. The third kappa shape index (κ3) is 5.53. The highest BCUT2D eigenvalue weighted by atomic mass is 16.5. The molecule has 0 saturated carbocycles. The Bertz CT molecular complexity index is 572. The van der Waals surface area contributed by atoms with Crippen molar-refractivity contribution < 1.29 is 14.3 Å². The lowest BCUT2D eigenvalue weighted by Gasteiger charge is -2.22. The Labute approximate surface area is 143 Å². The van der Waals surface area contributed by atoms with Gasteiger partial charge in [0, 0.05) is 37.0 Å². The van der Waals surface area contributed by atoms with Crippen molar-refractivity contribution in [2.45, 2.75) is 45.3 Å². The maximum absolute atomic E-state index is 12.2. The molecule has 24 heavy (non-hydrogen) atoms. The van der Waals surface area contributed by atoms with Crippen molar-refractivity contribution in [1.29, 1.82) is 0 Å². The number of hydrogen-bond donors (Lipinski definition) is 2. The van der Waals surface area contributed by atoms with Crippen molar-refractivity contribution in [2.75, 3.05) is 25.5 Å². The molecule has 0 unspecified atom stereocenters. The Morgan fingerprint density at radius 2 is 1.92 bits per heavy atom. The van der Waals surface area contributed by atoms with E-state index in [1.165, 1.54) is 0 Å². The van der Waals surface area contributed by atoms with Crippen LogP contribution in [0.2, 0.25) is 0 Å². The average Bonchev–Trinajstić information content (AvgIpc) is 2.99. The molecule has 6 nitrogen and oxygen atoms in total. The molecule has 132 valence electrons. The summed E-state index contributed by atoms with van der Waals surface area (Å²) in [6.07, 6.45) is 2.18. The van der Waals surface area contributed by atoms with E-state index in [1.54, 1.807) is 36.2 Å². The number of ether oxygens (including phenoxy) is 1. The summed E-state index contributed by atoms with van der Waals surface area (Å²) in [7, 11) is 1.75. The molecule has 1 aliphatic rings. The third-order valence-electron chi connectivity index (χ3n) is 3.74. The van der Waals surface area contributed by atoms with E-state index in [-0.39, 0.29) is 23.6 Å². The second-order valence-corrected chi connectivity index (χ2v) is 7.23. The fourth-order valence-corrected chi connectivity index (χ4v) is 2.51. The highest BCUT2D eigenvalue weighted by Crippen LogP contribution is 2.14. The van der Waals surface area contributed by atoms with Gasteiger partial charge in [-0.3, -0.25) is 4.79 Å². The van der Waals surface area contributed by atoms with Crippen LogP contribution in [0.15, 0.2) is 24.3 Å². The minimum Gasteiger partial charge on any atom is -0.376 e. The molecule has 1 fully saturated rings. The van der Waals surface area contributed by atoms with Crippen molar-refractivity contribution in [3.63, 3.8) is 0 Å². The first-order chi connectivity index (χ1) is 11.2. The number of nitrogens with one attached hydrogen (secondary N) is 2. The molecule has 1 heterocycles. The van der Waals surface area contributed by atoms with Crippen molar-refractivity contribution in [3.05, 3.63) is 29.8 Å². The Morgan fingerprint density at radius 3 is 2.46 bits per heavy atom. The number of urea groups is 1. The first-order valence-electron chi connectivity index (χ1n) is 8.31. The molecule has 0 spiro atoms. The van der Waals surface area contributed by atoms with Gasteiger partial charge in [0.15, 0.2) is 0 Å². The van der Waals surface area contributed by atoms with Crippen LogP contribution in [-0.2, 0) is 4.74 Å². The number of carbonyl (C=O) groups excluding carboxylic acids is 2. The molecule has 1 aromatic rings. The second-order valence-electron chi connectivity index (χ2n) is 7.23. The van der Waals surface area contributed by atoms with E-state index in [4.69, 9.17) is 4.74 Å². The van der Waals surface area contributed by atoms with E-state index in [9.17, 15) is 9.59 Å². The van der Waals surface area contributed by atoms with E-state index in [1.807, 2.05) is 20.8 Å². The molecule has 1 atom stereocenters. The average molecular weight is 333 g/mol. The standard InChI is InChI=1S/C18H27N3O3/c1-18(2,3)20-16(22)13-7-9-14(10-8-13)19-17(23)21(4)12-15-6-5-11-24-15/h7-10,15H,5-6,11-12H2,1-4H3,(H,19,23)(H,20,22)/t15-/m1/s1. The molecular weight excluding hydrogens is 306 g/mol. The first-order valence-corrected chi connectivity index (χ1v) is 8.31. The van der Waals surface area contributed by atoms with Crippen LogP contribution in [0.25, 0.3) is 0 Å². The molecule has 0 aliphatic carbocycles. The van der Waals surface area contributed by atoms with Gasteiger partial charge < -0.3 is 20.3 Å². The van der Waals surface area contributed by atoms with Crippen molar-refractivity contribution in [2.24, 2.45) is 0 Å². The van der Waals surface area contributed by atoms with Crippen LogP contribution in [0.1, 0.15) is 44.0 Å². The van der Waals surface area contributed by atoms with Gasteiger partial charge in [0.25, 0.3) is 5.91 Å². The lowest BCUT2D eigenvalue weighted by atomic mass is 10.1. The summed E-state index contributed by atoms with van der Waals surface area (Å²) >= 11 is 0. The number of carbonyl (C=O) groups is 2. The Morgan fingerprint density at radius 1 is 1.25 bits per heavy atom. The Balaban J connectivity index is 1.88. The summed E-state index contributed by atoms with van der Waals surface area (Å²) in [6, 6.07) is 6.69. The first kappa shape index (κ1) is 18.3. The normalized spacial score (nSPS) is 17.4. The second kappa shape index (κ2) is 7.66. The van der Waals surface area contributed by atoms with Crippen molar-refractivity contribution in [1.82, 2.24) is 10.2 Å². The Kier molecular flexibility index (Phi) is 5.83. The van der Waals surface area contributed by atoms with Crippen LogP contribution in [0.4, 0.5) is 10.5 Å². The van der Waals surface area contributed by atoms with Gasteiger partial charge in [0.1, 0.15) is 0 Å². The van der Waals surface area contributed by atoms with E-state index in [0.717, 1.165) is 19.4 Å². The highest BCUT2D eigenvalue weighted by molar-refractivity contribution is 5.95. The van der Waals surface area contributed by atoms with Crippen LogP contribution in [-0.4, -0.2) is 48.7 Å². The number of likely N-dealkylation sites (N-methyl/N-ethyl adjacent to an activating group) is 1. The van der Waals surface area contributed by atoms with Gasteiger partial charge >= 0.3 is 6.03 Å². The molecule has 1 aromatic carbocycles. The van der Waals surface area contributed by atoms with E-state index in [0.29, 0.717) is 17.8 Å². The summed E-state index contributed by atoms with van der Waals surface area (Å²) in [5.74, 6) is -0.129. The van der Waals surface area contributed by atoms with E-state index < -0.39 is 0 Å². The van der Waals surface area contributed by atoms with Gasteiger partial charge in [-0.25, -0.2) is 4.79 Å². The molecule has 6 heteroatoms. The van der Waals surface area contributed by atoms with Gasteiger partial charge in [-0.2, -0.15) is 0 Å². The molecule has 1 aliphatic heterocycles. The zero-order valence-corrected chi connectivity index (χ0v) is 14.9. The molecule has 0 bridgehead atoms. The summed E-state index contributed by atoms with van der Waals surface area (Å²) in [6.45, 7) is 7.16. The number of anilines is 1. The predicted octanol–water partition coefficient (Wildman–Crippen LogP) is 2.86. The summed E-state index contributed by atoms with van der Waals surface area (Å²) in [5, 5.41) is 5.74. The number of rotatable bonds is 4. The Hall–Kier alpha value is -2.08. The fraction of sp³-hybridized carbons (Fsp3) is 0.556. The smallest absolute Gasteiger partial charge is 0.321 e. The van der Waals surface area contributed by atoms with Crippen LogP contribution in [0.3, 0.4) is 0 Å². The molecule has 0 radical (unpaired) electrons. The van der Waals surface area contributed by atoms with Crippen LogP contribution in [0, 0.1) is 0 Å². The predicted molar refractivity (Wildman–Crippen MR) is 94.3 cm³/mol. The SMILES string of the molecule is CN(C[C@H]1CCCO1)C(=O)Nc1ccc(C(=O)NC(C)(C)C)cc1. The van der Waals surface area contributed by atoms with E-state index in [2.05, 4.69) is 10.6 Å². The summed E-state index contributed by atoms with van der Waals surface area (Å²) in [4.78, 5) is 25.9. The maximum atomic E-state index is 12.2. The van der Waals surface area contributed by atoms with Crippen LogP contribution in [0.5, 0.6) is 0 Å². The molecular formula is C18H27N3O3. The molecule has 3 amide bonds. The van der Waals surface area contributed by atoms with Crippen molar-refractivity contribution in [3.8, 4) is 0 Å². The minimum atomic E-state index is -0.283. The number of amides is 3. The minimum absolute atomic E-state index is 0.129. The fourth-order valence-electron chi connectivity index (χ4n) is 2.51. The van der Waals surface area contributed by atoms with Crippen LogP contribution >= 0.6 is 0 Å². The maximum Gasteiger partial charge on any atom is 0.321 e. The third-order valence-corrected chi connectivity index (χ3v) is 3.74. The lowest BCUT2D eigenvalue weighted by Crippen LogP contribution is -2.40. The molecule has 2 N–H and O–H groups in total. The number of nitrogens with zero attached hydrogens (tertiary/aromatic N) is 1. The number of benzene rings is 1. The van der Waals surface area contributed by atoms with E-state index >= 15 is 0 Å². The van der Waals surface area contributed by atoms with Gasteiger partial charge in [-0.1, -0.05) is 0 Å². The monoisotopic (exact) mass is 333 g/mol. The summed E-state index contributed by atoms with van der Waals surface area (Å²) < 4.78 is 5.54. The van der Waals surface area contributed by atoms with Gasteiger partial charge in [-0.05, 0) is 57.9 Å². The van der Waals surface area contributed by atoms with Gasteiger partial charge in [0.2, 0.25) is 0 Å². The van der Waals surface area contributed by atoms with Crippen molar-refractivity contribution >= 4 is 17.6 Å². The number of hydrogen-bond acceptors (Lipinski definition) is 3. The lowest BCUT2D eigenvalue weighted by molar-refractivity contribution is 0.0894. The van der Waals surface area contributed by atoms with Crippen LogP contribution < -0.4 is 10.6 Å². The molecule has 0 aromatic heterocycles. The quantitative estimate of drug-likeness (QED) is 0.890. The molecule has 2 rings (SSSR count). The van der Waals surface area contributed by atoms with Gasteiger partial charge in [-0.15, -0.1) is 0 Å². The zero-order valence-electron chi connectivity index (χ0n) is 14.9. The molecule has 1 saturated heterocycles. The topological polar surface area (TPSA) is 70.7 Å². The largest absolute Gasteiger partial charge is 0.376 e. The zero-order chi connectivity index (χ0) is 17.7. The highest BCUT2D eigenvalue weighted by Gasteiger charge is 2.20. The van der Waals surface area contributed by atoms with Gasteiger partial charge in [0.05, 0.1) is 6.10 Å².